The van der Waals surface area contributed by atoms with E-state index in [9.17, 15) is 4.79 Å². The highest BCUT2D eigenvalue weighted by Crippen LogP contribution is 2.12. The molecule has 0 bridgehead atoms. The number of benzene rings is 2. The van der Waals surface area contributed by atoms with Crippen LogP contribution in [0.1, 0.15) is 24.0 Å². The zero-order valence-electron chi connectivity index (χ0n) is 14.1. The number of nitrogens with zero attached hydrogens (tertiary/aromatic N) is 1. The largest absolute Gasteiger partial charge is 0.331 e. The van der Waals surface area contributed by atoms with Crippen LogP contribution in [0.5, 0.6) is 0 Å². The lowest BCUT2D eigenvalue weighted by Gasteiger charge is -2.28. The third-order valence-electron chi connectivity index (χ3n) is 4.62. The number of carbonyl (C=O) groups is 1. The number of piperidine rings is 1. The fraction of sp³-hybridized carbons (Fsp3) is 0.300. The molecule has 0 atom stereocenters. The van der Waals surface area contributed by atoms with Crippen molar-refractivity contribution in [2.45, 2.75) is 19.4 Å². The summed E-state index contributed by atoms with van der Waals surface area (Å²) in [5, 5.41) is 4.08. The Balaban J connectivity index is 1.43. The fourth-order valence-corrected chi connectivity index (χ4v) is 3.42. The third kappa shape index (κ3) is 5.51. The van der Waals surface area contributed by atoms with Crippen LogP contribution in [0.4, 0.5) is 0 Å². The first kappa shape index (κ1) is 17.8. The van der Waals surface area contributed by atoms with Gasteiger partial charge in [-0.1, -0.05) is 58.4 Å². The van der Waals surface area contributed by atoms with Crippen molar-refractivity contribution < 1.29 is 9.69 Å². The molecule has 0 aromatic heterocycles. The van der Waals surface area contributed by atoms with E-state index < -0.39 is 0 Å². The number of likely N-dealkylation sites (tertiary alicyclic amines) is 1. The Morgan fingerprint density at radius 2 is 1.80 bits per heavy atom. The first-order valence-corrected chi connectivity index (χ1v) is 9.46. The van der Waals surface area contributed by atoms with E-state index in [1.807, 2.05) is 30.3 Å². The second-order valence-electron chi connectivity index (χ2n) is 6.47. The van der Waals surface area contributed by atoms with Crippen LogP contribution >= 0.6 is 15.9 Å². The number of carbonyl (C=O) groups excluding carboxylic acids is 1. The minimum absolute atomic E-state index is 0.0369. The van der Waals surface area contributed by atoms with E-state index in [1.54, 1.807) is 11.1 Å². The Bertz CT molecular complexity index is 707. The molecule has 2 aromatic carbocycles. The van der Waals surface area contributed by atoms with Gasteiger partial charge in [0.25, 0.3) is 0 Å². The summed E-state index contributed by atoms with van der Waals surface area (Å²) in [6.07, 6.45) is 3.52. The summed E-state index contributed by atoms with van der Waals surface area (Å²) in [5.74, 6) is 0.108. The SMILES string of the molecule is O=C(N/N=C\c1ccccc1)C1CC[NH+](Cc2ccc(Br)cc2)CC1. The van der Waals surface area contributed by atoms with Crippen molar-refractivity contribution in [2.24, 2.45) is 11.0 Å². The predicted octanol–water partition coefficient (Wildman–Crippen LogP) is 2.39. The van der Waals surface area contributed by atoms with Crippen LogP contribution in [0.2, 0.25) is 0 Å². The van der Waals surface area contributed by atoms with Gasteiger partial charge in [-0.05, 0) is 17.7 Å². The minimum atomic E-state index is 0.0369. The highest BCUT2D eigenvalue weighted by molar-refractivity contribution is 9.10. The monoisotopic (exact) mass is 400 g/mol. The summed E-state index contributed by atoms with van der Waals surface area (Å²) < 4.78 is 1.11. The van der Waals surface area contributed by atoms with Gasteiger partial charge in [-0.3, -0.25) is 4.79 Å². The van der Waals surface area contributed by atoms with E-state index in [-0.39, 0.29) is 11.8 Å². The molecular formula is C20H23BrN3O+. The molecule has 2 N–H and O–H groups in total. The first-order valence-electron chi connectivity index (χ1n) is 8.67. The van der Waals surface area contributed by atoms with Gasteiger partial charge in [0.2, 0.25) is 5.91 Å². The van der Waals surface area contributed by atoms with Crippen LogP contribution < -0.4 is 10.3 Å². The average molecular weight is 401 g/mol. The molecule has 0 radical (unpaired) electrons. The van der Waals surface area contributed by atoms with E-state index in [2.05, 4.69) is 50.7 Å². The average Bonchev–Trinajstić information content (AvgIpc) is 2.65. The molecule has 1 amide bonds. The summed E-state index contributed by atoms with van der Waals surface area (Å²) >= 11 is 3.47. The molecule has 0 saturated carbocycles. The fourth-order valence-electron chi connectivity index (χ4n) is 3.16. The number of quaternary nitrogens is 1. The van der Waals surface area contributed by atoms with Crippen molar-refractivity contribution in [1.29, 1.82) is 0 Å². The smallest absolute Gasteiger partial charge is 0.243 e. The maximum atomic E-state index is 12.3. The molecule has 0 spiro atoms. The van der Waals surface area contributed by atoms with Gasteiger partial charge in [0.1, 0.15) is 6.54 Å². The van der Waals surface area contributed by atoms with Gasteiger partial charge in [0, 0.05) is 22.9 Å². The Kier molecular flexibility index (Phi) is 6.36. The van der Waals surface area contributed by atoms with Gasteiger partial charge in [-0.15, -0.1) is 0 Å². The first-order chi connectivity index (χ1) is 12.2. The molecule has 1 aliphatic heterocycles. The van der Waals surface area contributed by atoms with Crippen molar-refractivity contribution in [1.82, 2.24) is 5.43 Å². The van der Waals surface area contributed by atoms with Gasteiger partial charge in [0.15, 0.2) is 0 Å². The Labute approximate surface area is 157 Å². The van der Waals surface area contributed by atoms with Crippen molar-refractivity contribution in [3.05, 3.63) is 70.2 Å². The molecule has 1 fully saturated rings. The van der Waals surface area contributed by atoms with Crippen molar-refractivity contribution in [3.63, 3.8) is 0 Å². The highest BCUT2D eigenvalue weighted by Gasteiger charge is 2.27. The second-order valence-corrected chi connectivity index (χ2v) is 7.39. The van der Waals surface area contributed by atoms with Gasteiger partial charge in [-0.2, -0.15) is 5.10 Å². The lowest BCUT2D eigenvalue weighted by molar-refractivity contribution is -0.919. The molecule has 5 heteroatoms. The van der Waals surface area contributed by atoms with Crippen LogP contribution in [0, 0.1) is 5.92 Å². The Morgan fingerprint density at radius 3 is 2.48 bits per heavy atom. The minimum Gasteiger partial charge on any atom is -0.331 e. The number of hydrogen-bond donors (Lipinski definition) is 2. The van der Waals surface area contributed by atoms with Crippen LogP contribution in [0.25, 0.3) is 0 Å². The van der Waals surface area contributed by atoms with E-state index in [1.165, 1.54) is 5.56 Å². The molecule has 0 unspecified atom stereocenters. The van der Waals surface area contributed by atoms with Crippen molar-refractivity contribution >= 4 is 28.1 Å². The topological polar surface area (TPSA) is 45.9 Å². The molecule has 4 nitrogen and oxygen atoms in total. The quantitative estimate of drug-likeness (QED) is 0.587. The lowest BCUT2D eigenvalue weighted by Crippen LogP contribution is -3.11. The summed E-state index contributed by atoms with van der Waals surface area (Å²) in [7, 11) is 0. The predicted molar refractivity (Wildman–Crippen MR) is 103 cm³/mol. The number of hydrogen-bond acceptors (Lipinski definition) is 2. The van der Waals surface area contributed by atoms with Gasteiger partial charge in [0.05, 0.1) is 25.2 Å². The van der Waals surface area contributed by atoms with E-state index in [0.717, 1.165) is 42.5 Å². The van der Waals surface area contributed by atoms with Gasteiger partial charge >= 0.3 is 0 Å². The van der Waals surface area contributed by atoms with Gasteiger partial charge < -0.3 is 4.90 Å². The number of rotatable bonds is 5. The molecule has 2 aromatic rings. The molecule has 1 saturated heterocycles. The maximum Gasteiger partial charge on any atom is 0.243 e. The normalized spacial score (nSPS) is 20.5. The molecule has 25 heavy (non-hydrogen) atoms. The molecule has 1 aliphatic rings. The van der Waals surface area contributed by atoms with E-state index in [0.29, 0.717) is 0 Å². The highest BCUT2D eigenvalue weighted by atomic mass is 79.9. The number of nitrogens with one attached hydrogen (secondary N) is 2. The Morgan fingerprint density at radius 1 is 1.12 bits per heavy atom. The summed E-state index contributed by atoms with van der Waals surface area (Å²) in [6.45, 7) is 3.07. The number of hydrazone groups is 1. The zero-order valence-corrected chi connectivity index (χ0v) is 15.7. The van der Waals surface area contributed by atoms with Crippen molar-refractivity contribution in [2.75, 3.05) is 13.1 Å². The van der Waals surface area contributed by atoms with Crippen LogP contribution in [-0.2, 0) is 11.3 Å². The molecule has 0 aliphatic carbocycles. The summed E-state index contributed by atoms with van der Waals surface area (Å²) in [4.78, 5) is 13.8. The number of halogens is 1. The van der Waals surface area contributed by atoms with Crippen LogP contribution in [-0.4, -0.2) is 25.2 Å². The van der Waals surface area contributed by atoms with Crippen molar-refractivity contribution in [3.8, 4) is 0 Å². The van der Waals surface area contributed by atoms with E-state index in [4.69, 9.17) is 0 Å². The van der Waals surface area contributed by atoms with E-state index >= 15 is 0 Å². The van der Waals surface area contributed by atoms with Gasteiger partial charge in [-0.25, -0.2) is 5.43 Å². The molecule has 3 rings (SSSR count). The third-order valence-corrected chi connectivity index (χ3v) is 5.15. The van der Waals surface area contributed by atoms with Crippen LogP contribution in [0.15, 0.2) is 64.2 Å². The Hall–Kier alpha value is -1.98. The second kappa shape index (κ2) is 8.92. The standard InChI is InChI=1S/C20H22BrN3O/c21-19-8-6-17(7-9-19)15-24-12-10-18(11-13-24)20(25)23-22-14-16-4-2-1-3-5-16/h1-9,14,18H,10-13,15H2,(H,23,25)/p+1/b22-14-. The lowest BCUT2D eigenvalue weighted by atomic mass is 9.96. The number of amides is 1. The molecular weight excluding hydrogens is 378 g/mol. The van der Waals surface area contributed by atoms with Crippen LogP contribution in [0.3, 0.4) is 0 Å². The summed E-state index contributed by atoms with van der Waals surface area (Å²) in [5.41, 5.74) is 5.01. The zero-order chi connectivity index (χ0) is 17.5. The summed E-state index contributed by atoms with van der Waals surface area (Å²) in [6, 6.07) is 18.3. The molecule has 130 valence electrons. The maximum absolute atomic E-state index is 12.3. The molecule has 1 heterocycles.